The van der Waals surface area contributed by atoms with Gasteiger partial charge in [0.2, 0.25) is 5.16 Å². The maximum Gasteiger partial charge on any atom is 0.272 e. The molecule has 2 heterocycles. The topological polar surface area (TPSA) is 74.6 Å². The summed E-state index contributed by atoms with van der Waals surface area (Å²) in [5.41, 5.74) is 4.19. The summed E-state index contributed by atoms with van der Waals surface area (Å²) in [7, 11) is 0. The first-order chi connectivity index (χ1) is 15.7. The summed E-state index contributed by atoms with van der Waals surface area (Å²) in [5, 5.41) is 13.8. The Morgan fingerprint density at radius 3 is 2.19 bits per heavy atom. The van der Waals surface area contributed by atoms with Gasteiger partial charge >= 0.3 is 0 Å². The van der Waals surface area contributed by atoms with E-state index in [1.165, 1.54) is 22.5 Å². The van der Waals surface area contributed by atoms with Gasteiger partial charge in [-0.25, -0.2) is 9.07 Å². The Bertz CT molecular complexity index is 1350. The van der Waals surface area contributed by atoms with Crippen LogP contribution < -0.4 is 5.84 Å². The molecule has 0 atom stereocenters. The lowest BCUT2D eigenvalue weighted by atomic mass is 10.1. The molecule has 5 aromatic rings. The Morgan fingerprint density at radius 2 is 1.47 bits per heavy atom. The molecule has 0 unspecified atom stereocenters. The monoisotopic (exact) mass is 442 g/mol. The minimum absolute atomic E-state index is 0.255. The molecule has 0 amide bonds. The minimum atomic E-state index is -0.255. The van der Waals surface area contributed by atoms with Crippen molar-refractivity contribution in [1.29, 1.82) is 0 Å². The summed E-state index contributed by atoms with van der Waals surface area (Å²) >= 11 is 1.32. The smallest absolute Gasteiger partial charge is 0.272 e. The Labute approximate surface area is 188 Å². The van der Waals surface area contributed by atoms with Crippen LogP contribution in [0, 0.1) is 5.82 Å². The van der Waals surface area contributed by atoms with Crippen LogP contribution in [-0.2, 0) is 5.75 Å². The molecule has 2 N–H and O–H groups in total. The lowest BCUT2D eigenvalue weighted by Crippen LogP contribution is -2.17. The van der Waals surface area contributed by atoms with Crippen LogP contribution in [0.3, 0.4) is 0 Å². The van der Waals surface area contributed by atoms with Gasteiger partial charge in [-0.2, -0.15) is 9.78 Å². The maximum absolute atomic E-state index is 14.0. The van der Waals surface area contributed by atoms with Crippen molar-refractivity contribution < 1.29 is 4.39 Å². The summed E-state index contributed by atoms with van der Waals surface area (Å²) in [6.07, 6.45) is 0. The highest BCUT2D eigenvalue weighted by molar-refractivity contribution is 7.98. The standard InChI is InChI=1S/C24H19FN6S/c25-20-14-8-7-13-19(20)16-32-24-28-27-23(30(24)26)31-22(18-11-5-2-6-12-18)15-21(29-31)17-9-3-1-4-10-17/h1-15H,16,26H2. The molecule has 6 nitrogen and oxygen atoms in total. The number of rotatable bonds is 6. The van der Waals surface area contributed by atoms with Crippen LogP contribution in [0.5, 0.6) is 0 Å². The lowest BCUT2D eigenvalue weighted by Gasteiger charge is -2.07. The second-order valence-electron chi connectivity index (χ2n) is 7.09. The average Bonchev–Trinajstić information content (AvgIpc) is 3.43. The molecule has 0 saturated carbocycles. The van der Waals surface area contributed by atoms with Crippen molar-refractivity contribution in [3.63, 3.8) is 0 Å². The van der Waals surface area contributed by atoms with Crippen molar-refractivity contribution in [1.82, 2.24) is 24.7 Å². The van der Waals surface area contributed by atoms with Gasteiger partial charge in [-0.05, 0) is 17.7 Å². The third-order valence-corrected chi connectivity index (χ3v) is 5.99. The van der Waals surface area contributed by atoms with Gasteiger partial charge in [-0.15, -0.1) is 10.2 Å². The molecular weight excluding hydrogens is 423 g/mol. The highest BCUT2D eigenvalue weighted by Crippen LogP contribution is 2.29. The number of aromatic nitrogens is 5. The van der Waals surface area contributed by atoms with Crippen molar-refractivity contribution in [2.75, 3.05) is 5.84 Å². The molecule has 3 aromatic carbocycles. The summed E-state index contributed by atoms with van der Waals surface area (Å²) in [5.74, 6) is 6.86. The van der Waals surface area contributed by atoms with Gasteiger partial charge in [0.05, 0.1) is 11.4 Å². The molecule has 0 radical (unpaired) electrons. The van der Waals surface area contributed by atoms with Crippen LogP contribution >= 0.6 is 11.8 Å². The predicted octanol–water partition coefficient (Wildman–Crippen LogP) is 4.94. The van der Waals surface area contributed by atoms with Crippen LogP contribution in [0.25, 0.3) is 28.5 Å². The number of nitrogen functional groups attached to an aromatic ring is 1. The zero-order valence-electron chi connectivity index (χ0n) is 17.0. The van der Waals surface area contributed by atoms with E-state index in [1.807, 2.05) is 66.7 Å². The average molecular weight is 443 g/mol. The fourth-order valence-corrected chi connectivity index (χ4v) is 4.21. The fourth-order valence-electron chi connectivity index (χ4n) is 3.37. The van der Waals surface area contributed by atoms with Gasteiger partial charge in [-0.3, -0.25) is 0 Å². The molecule has 5 rings (SSSR count). The first kappa shape index (κ1) is 20.0. The molecule has 32 heavy (non-hydrogen) atoms. The fraction of sp³-hybridized carbons (Fsp3) is 0.0417. The quantitative estimate of drug-likeness (QED) is 0.298. The third kappa shape index (κ3) is 3.88. The SMILES string of the molecule is Nn1c(SCc2ccccc2F)nnc1-n1nc(-c2ccccc2)cc1-c1ccccc1. The van der Waals surface area contributed by atoms with Gasteiger partial charge in [0, 0.05) is 16.9 Å². The van der Waals surface area contributed by atoms with E-state index in [0.717, 1.165) is 22.5 Å². The molecule has 8 heteroatoms. The van der Waals surface area contributed by atoms with E-state index in [2.05, 4.69) is 10.2 Å². The van der Waals surface area contributed by atoms with E-state index < -0.39 is 0 Å². The molecule has 0 aliphatic carbocycles. The van der Waals surface area contributed by atoms with Crippen molar-refractivity contribution in [2.45, 2.75) is 10.9 Å². The third-order valence-electron chi connectivity index (χ3n) is 5.00. The van der Waals surface area contributed by atoms with Gasteiger partial charge < -0.3 is 5.84 Å². The van der Waals surface area contributed by atoms with E-state index in [0.29, 0.717) is 22.4 Å². The number of hydrogen-bond acceptors (Lipinski definition) is 5. The Morgan fingerprint density at radius 1 is 0.812 bits per heavy atom. The highest BCUT2D eigenvalue weighted by atomic mass is 32.2. The first-order valence-corrected chi connectivity index (χ1v) is 11.0. The summed E-state index contributed by atoms with van der Waals surface area (Å²) in [6.45, 7) is 0. The predicted molar refractivity (Wildman–Crippen MR) is 124 cm³/mol. The van der Waals surface area contributed by atoms with E-state index in [9.17, 15) is 4.39 Å². The lowest BCUT2D eigenvalue weighted by molar-refractivity contribution is 0.617. The van der Waals surface area contributed by atoms with Crippen molar-refractivity contribution in [3.8, 4) is 28.5 Å². The van der Waals surface area contributed by atoms with E-state index >= 15 is 0 Å². The normalized spacial score (nSPS) is 11.0. The van der Waals surface area contributed by atoms with Gasteiger partial charge in [0.25, 0.3) is 5.95 Å². The zero-order valence-corrected chi connectivity index (χ0v) is 17.8. The maximum atomic E-state index is 14.0. The van der Waals surface area contributed by atoms with Crippen LogP contribution in [0.4, 0.5) is 4.39 Å². The summed E-state index contributed by atoms with van der Waals surface area (Å²) < 4.78 is 17.0. The number of nitrogens with zero attached hydrogens (tertiary/aromatic N) is 5. The summed E-state index contributed by atoms with van der Waals surface area (Å²) in [6, 6.07) is 28.5. The van der Waals surface area contributed by atoms with Crippen molar-refractivity contribution in [2.24, 2.45) is 0 Å². The first-order valence-electron chi connectivity index (χ1n) is 9.98. The van der Waals surface area contributed by atoms with Crippen LogP contribution in [0.1, 0.15) is 5.56 Å². The number of halogens is 1. The summed E-state index contributed by atoms with van der Waals surface area (Å²) in [4.78, 5) is 0. The van der Waals surface area contributed by atoms with E-state index in [1.54, 1.807) is 22.9 Å². The molecule has 0 fully saturated rings. The Balaban J connectivity index is 1.53. The van der Waals surface area contributed by atoms with Crippen LogP contribution in [-0.4, -0.2) is 24.7 Å². The molecule has 0 bridgehead atoms. The van der Waals surface area contributed by atoms with E-state index in [-0.39, 0.29) is 5.82 Å². The Hall–Kier alpha value is -3.91. The van der Waals surface area contributed by atoms with Gasteiger partial charge in [0.15, 0.2) is 0 Å². The molecule has 2 aromatic heterocycles. The molecular formula is C24H19FN6S. The van der Waals surface area contributed by atoms with Crippen LogP contribution in [0.2, 0.25) is 0 Å². The van der Waals surface area contributed by atoms with Crippen molar-refractivity contribution in [3.05, 3.63) is 102 Å². The zero-order chi connectivity index (χ0) is 21.9. The minimum Gasteiger partial charge on any atom is -0.334 e. The van der Waals surface area contributed by atoms with Gasteiger partial charge in [-0.1, -0.05) is 90.6 Å². The molecule has 0 saturated heterocycles. The number of thioether (sulfide) groups is 1. The largest absolute Gasteiger partial charge is 0.334 e. The van der Waals surface area contributed by atoms with Gasteiger partial charge in [0.1, 0.15) is 5.82 Å². The number of benzene rings is 3. The van der Waals surface area contributed by atoms with Crippen molar-refractivity contribution >= 4 is 11.8 Å². The molecule has 0 spiro atoms. The number of nitrogens with two attached hydrogens (primary N) is 1. The second-order valence-corrected chi connectivity index (χ2v) is 8.03. The molecule has 0 aliphatic rings. The highest BCUT2D eigenvalue weighted by Gasteiger charge is 2.19. The van der Waals surface area contributed by atoms with E-state index in [4.69, 9.17) is 10.9 Å². The molecule has 158 valence electrons. The number of hydrogen-bond donors (Lipinski definition) is 1. The second kappa shape index (κ2) is 8.68. The van der Waals surface area contributed by atoms with Crippen LogP contribution in [0.15, 0.2) is 96.2 Å². The molecule has 0 aliphatic heterocycles. The Kier molecular flexibility index (Phi) is 5.43.